The molecule has 0 spiro atoms. The molecule has 0 N–H and O–H groups in total. The number of ether oxygens (including phenoxy) is 2. The third-order valence-electron chi connectivity index (χ3n) is 5.83. The van der Waals surface area contributed by atoms with Gasteiger partial charge in [-0.25, -0.2) is 4.98 Å². The van der Waals surface area contributed by atoms with E-state index in [1.807, 2.05) is 43.3 Å². The first-order valence-electron chi connectivity index (χ1n) is 12.1. The van der Waals surface area contributed by atoms with E-state index in [-0.39, 0.29) is 12.2 Å². The van der Waals surface area contributed by atoms with Gasteiger partial charge in [0.2, 0.25) is 0 Å². The molecule has 1 heterocycles. The Morgan fingerprint density at radius 1 is 0.897 bits per heavy atom. The molecule has 9 heteroatoms. The summed E-state index contributed by atoms with van der Waals surface area (Å²) in [5.74, 6) is 1.23. The van der Waals surface area contributed by atoms with Crippen LogP contribution < -0.4 is 15.0 Å². The predicted molar refractivity (Wildman–Crippen MR) is 158 cm³/mol. The number of hydrogen-bond donors (Lipinski definition) is 0. The summed E-state index contributed by atoms with van der Waals surface area (Å²) in [6.45, 7) is 2.42. The largest absolute Gasteiger partial charge is 0.490 e. The lowest BCUT2D eigenvalue weighted by molar-refractivity contribution is 0.269. The van der Waals surface area contributed by atoms with Crippen molar-refractivity contribution in [2.24, 2.45) is 5.10 Å². The summed E-state index contributed by atoms with van der Waals surface area (Å²) in [4.78, 5) is 18.1. The maximum absolute atomic E-state index is 13.4. The molecule has 0 saturated heterocycles. The SMILES string of the molecule is CCOc1cc(C=Nn2c(-c3ccccc3)nc3ccccc3c2=O)cc(Cl)c1OCc1ccc(Cl)cc1Cl. The normalized spacial score (nSPS) is 11.3. The molecule has 1 aromatic heterocycles. The molecular weight excluding hydrogens is 557 g/mol. The highest BCUT2D eigenvalue weighted by atomic mass is 35.5. The van der Waals surface area contributed by atoms with E-state index in [0.717, 1.165) is 11.1 Å². The van der Waals surface area contributed by atoms with Crippen molar-refractivity contribution in [2.75, 3.05) is 6.61 Å². The minimum absolute atomic E-state index is 0.168. The highest BCUT2D eigenvalue weighted by Crippen LogP contribution is 2.37. The number of halogens is 3. The van der Waals surface area contributed by atoms with Crippen LogP contribution in [0.2, 0.25) is 15.1 Å². The Morgan fingerprint density at radius 2 is 1.67 bits per heavy atom. The van der Waals surface area contributed by atoms with Gasteiger partial charge in [-0.15, -0.1) is 0 Å². The van der Waals surface area contributed by atoms with Crippen LogP contribution in [0.25, 0.3) is 22.3 Å². The van der Waals surface area contributed by atoms with E-state index in [0.29, 0.717) is 55.5 Å². The average Bonchev–Trinajstić information content (AvgIpc) is 2.93. The lowest BCUT2D eigenvalue weighted by Gasteiger charge is -2.15. The second-order valence-corrected chi connectivity index (χ2v) is 9.72. The second kappa shape index (κ2) is 11.9. The summed E-state index contributed by atoms with van der Waals surface area (Å²) in [5.41, 5.74) is 2.43. The van der Waals surface area contributed by atoms with Crippen molar-refractivity contribution >= 4 is 51.9 Å². The fraction of sp³-hybridized carbons (Fsp3) is 0.100. The first-order valence-corrected chi connectivity index (χ1v) is 13.2. The Labute approximate surface area is 240 Å². The number of para-hydroxylation sites is 1. The van der Waals surface area contributed by atoms with Gasteiger partial charge in [-0.1, -0.05) is 83.3 Å². The molecule has 5 aromatic rings. The van der Waals surface area contributed by atoms with E-state index in [1.165, 1.54) is 4.68 Å². The summed E-state index contributed by atoms with van der Waals surface area (Å²) in [7, 11) is 0. The Hall–Kier alpha value is -3.84. The molecule has 39 heavy (non-hydrogen) atoms. The highest BCUT2D eigenvalue weighted by molar-refractivity contribution is 6.35. The van der Waals surface area contributed by atoms with Crippen molar-refractivity contribution in [3.05, 3.63) is 121 Å². The number of rotatable bonds is 8. The Balaban J connectivity index is 1.52. The summed E-state index contributed by atoms with van der Waals surface area (Å²) in [5, 5.41) is 6.33. The molecule has 0 aliphatic rings. The molecule has 5 rings (SSSR count). The summed E-state index contributed by atoms with van der Waals surface area (Å²) in [6.07, 6.45) is 1.54. The molecule has 0 atom stereocenters. The molecule has 0 bridgehead atoms. The lowest BCUT2D eigenvalue weighted by Crippen LogP contribution is -2.20. The van der Waals surface area contributed by atoms with Crippen molar-refractivity contribution in [3.63, 3.8) is 0 Å². The van der Waals surface area contributed by atoms with Crippen molar-refractivity contribution in [3.8, 4) is 22.9 Å². The molecule has 0 saturated carbocycles. The summed E-state index contributed by atoms with van der Waals surface area (Å²) < 4.78 is 13.1. The van der Waals surface area contributed by atoms with Crippen LogP contribution in [0.4, 0.5) is 0 Å². The Bertz CT molecular complexity index is 1740. The number of hydrogen-bond acceptors (Lipinski definition) is 5. The van der Waals surface area contributed by atoms with Gasteiger partial charge in [0.1, 0.15) is 6.61 Å². The summed E-state index contributed by atoms with van der Waals surface area (Å²) >= 11 is 18.9. The maximum Gasteiger partial charge on any atom is 0.282 e. The van der Waals surface area contributed by atoms with Crippen LogP contribution in [0.1, 0.15) is 18.1 Å². The zero-order valence-corrected chi connectivity index (χ0v) is 23.0. The van der Waals surface area contributed by atoms with E-state index in [2.05, 4.69) is 5.10 Å². The Morgan fingerprint density at radius 3 is 2.44 bits per heavy atom. The van der Waals surface area contributed by atoms with E-state index < -0.39 is 0 Å². The van der Waals surface area contributed by atoms with Crippen molar-refractivity contribution in [2.45, 2.75) is 13.5 Å². The number of benzene rings is 4. The first kappa shape index (κ1) is 26.8. The van der Waals surface area contributed by atoms with Crippen molar-refractivity contribution in [1.82, 2.24) is 9.66 Å². The molecule has 0 aliphatic heterocycles. The second-order valence-electron chi connectivity index (χ2n) is 8.47. The molecule has 0 unspecified atom stereocenters. The fourth-order valence-electron chi connectivity index (χ4n) is 3.98. The quantitative estimate of drug-likeness (QED) is 0.176. The van der Waals surface area contributed by atoms with Crippen LogP contribution in [0, 0.1) is 0 Å². The lowest BCUT2D eigenvalue weighted by atomic mass is 10.2. The fourth-order valence-corrected chi connectivity index (χ4v) is 4.72. The topological polar surface area (TPSA) is 65.7 Å². The minimum atomic E-state index is -0.286. The summed E-state index contributed by atoms with van der Waals surface area (Å²) in [6, 6.07) is 25.2. The van der Waals surface area contributed by atoms with Gasteiger partial charge in [-0.3, -0.25) is 4.79 Å². The van der Waals surface area contributed by atoms with Gasteiger partial charge in [0.05, 0.1) is 28.7 Å². The molecule has 0 radical (unpaired) electrons. The monoisotopic (exact) mass is 577 g/mol. The zero-order valence-electron chi connectivity index (χ0n) is 20.8. The van der Waals surface area contributed by atoms with Crippen molar-refractivity contribution < 1.29 is 9.47 Å². The van der Waals surface area contributed by atoms with Crippen molar-refractivity contribution in [1.29, 1.82) is 0 Å². The van der Waals surface area contributed by atoms with Gasteiger partial charge >= 0.3 is 0 Å². The van der Waals surface area contributed by atoms with Gasteiger partial charge < -0.3 is 9.47 Å². The average molecular weight is 579 g/mol. The highest BCUT2D eigenvalue weighted by Gasteiger charge is 2.15. The number of fused-ring (bicyclic) bond motifs is 1. The van der Waals surface area contributed by atoms with Gasteiger partial charge in [0, 0.05) is 21.2 Å². The molecular formula is C30H22Cl3N3O3. The van der Waals surface area contributed by atoms with Crippen LogP contribution in [0.15, 0.2) is 94.8 Å². The van der Waals surface area contributed by atoms with Crippen LogP contribution >= 0.6 is 34.8 Å². The van der Waals surface area contributed by atoms with E-state index >= 15 is 0 Å². The minimum Gasteiger partial charge on any atom is -0.490 e. The predicted octanol–water partition coefficient (Wildman–Crippen LogP) is 7.88. The van der Waals surface area contributed by atoms with Gasteiger partial charge in [0.25, 0.3) is 5.56 Å². The molecule has 0 amide bonds. The zero-order chi connectivity index (χ0) is 27.4. The van der Waals surface area contributed by atoms with Crippen LogP contribution in [-0.4, -0.2) is 22.5 Å². The maximum atomic E-state index is 13.4. The smallest absolute Gasteiger partial charge is 0.282 e. The molecule has 6 nitrogen and oxygen atoms in total. The van der Waals surface area contributed by atoms with Gasteiger partial charge in [-0.2, -0.15) is 9.78 Å². The van der Waals surface area contributed by atoms with E-state index in [4.69, 9.17) is 49.3 Å². The standard InChI is InChI=1S/C30H22Cl3N3O3/c1-2-38-27-15-19(14-25(33)28(27)39-18-21-12-13-22(31)16-24(21)32)17-34-36-29(20-8-4-3-5-9-20)35-26-11-7-6-10-23(26)30(36)37/h3-17H,2,18H2,1H3. The van der Waals surface area contributed by atoms with Gasteiger partial charge in [0.15, 0.2) is 17.3 Å². The molecule has 196 valence electrons. The first-order chi connectivity index (χ1) is 18.9. The molecule has 0 fully saturated rings. The van der Waals surface area contributed by atoms with Crippen LogP contribution in [0.3, 0.4) is 0 Å². The third kappa shape index (κ3) is 5.93. The van der Waals surface area contributed by atoms with Crippen LogP contribution in [-0.2, 0) is 6.61 Å². The number of aromatic nitrogens is 2. The van der Waals surface area contributed by atoms with E-state index in [1.54, 1.807) is 54.7 Å². The van der Waals surface area contributed by atoms with E-state index in [9.17, 15) is 4.79 Å². The van der Waals surface area contributed by atoms with Crippen LogP contribution in [0.5, 0.6) is 11.5 Å². The number of nitrogens with zero attached hydrogens (tertiary/aromatic N) is 3. The third-order valence-corrected chi connectivity index (χ3v) is 6.69. The molecule has 0 aliphatic carbocycles. The molecule has 4 aromatic carbocycles. The Kier molecular flexibility index (Phi) is 8.17. The van der Waals surface area contributed by atoms with Gasteiger partial charge in [-0.05, 0) is 48.9 Å².